The molecule has 1 N–H and O–H groups in total. The van der Waals surface area contributed by atoms with Crippen LogP contribution in [0.1, 0.15) is 38.8 Å². The van der Waals surface area contributed by atoms with Gasteiger partial charge in [-0.25, -0.2) is 0 Å². The fraction of sp³-hybridized carbons (Fsp3) is 0.500. The zero-order chi connectivity index (χ0) is 10.6. The Bertz CT molecular complexity index is 285. The van der Waals surface area contributed by atoms with Crippen molar-refractivity contribution in [2.45, 2.75) is 39.3 Å². The quantitative estimate of drug-likeness (QED) is 0.799. The lowest BCUT2D eigenvalue weighted by Crippen LogP contribution is -2.28. The Hall–Kier alpha value is -0.530. The van der Waals surface area contributed by atoms with Crippen LogP contribution in [0, 0.1) is 0 Å². The molecule has 0 bridgehead atoms. The van der Waals surface area contributed by atoms with Gasteiger partial charge in [0.1, 0.15) is 0 Å². The zero-order valence-corrected chi connectivity index (χ0v) is 9.81. The number of hydrogen-bond acceptors (Lipinski definition) is 1. The van der Waals surface area contributed by atoms with Crippen molar-refractivity contribution in [1.29, 1.82) is 0 Å². The molecule has 14 heavy (non-hydrogen) atoms. The first-order valence-corrected chi connectivity index (χ1v) is 5.52. The van der Waals surface area contributed by atoms with Crippen molar-refractivity contribution >= 4 is 11.6 Å². The second kappa shape index (κ2) is 5.38. The third kappa shape index (κ3) is 3.32. The summed E-state index contributed by atoms with van der Waals surface area (Å²) in [5.74, 6) is 0. The third-order valence-corrected chi connectivity index (χ3v) is 2.73. The first-order chi connectivity index (χ1) is 6.63. The highest BCUT2D eigenvalue weighted by molar-refractivity contribution is 6.30. The number of halogens is 1. The van der Waals surface area contributed by atoms with Crippen molar-refractivity contribution in [2.24, 2.45) is 0 Å². The maximum absolute atomic E-state index is 5.93. The molecule has 2 atom stereocenters. The summed E-state index contributed by atoms with van der Waals surface area (Å²) >= 11 is 5.93. The monoisotopic (exact) mass is 211 g/mol. The Labute approximate surface area is 91.5 Å². The molecule has 0 fully saturated rings. The molecular weight excluding hydrogens is 194 g/mol. The van der Waals surface area contributed by atoms with Gasteiger partial charge in [-0.05, 0) is 38.0 Å². The van der Waals surface area contributed by atoms with E-state index in [1.165, 1.54) is 5.56 Å². The molecule has 0 amide bonds. The summed E-state index contributed by atoms with van der Waals surface area (Å²) in [5.41, 5.74) is 1.25. The number of rotatable bonds is 4. The van der Waals surface area contributed by atoms with Crippen molar-refractivity contribution in [2.75, 3.05) is 0 Å². The van der Waals surface area contributed by atoms with Gasteiger partial charge in [-0.1, -0.05) is 30.7 Å². The fourth-order valence-corrected chi connectivity index (χ4v) is 1.62. The van der Waals surface area contributed by atoms with Gasteiger partial charge in [-0.15, -0.1) is 0 Å². The Morgan fingerprint density at radius 1 is 1.36 bits per heavy atom. The molecule has 2 heteroatoms. The van der Waals surface area contributed by atoms with Crippen LogP contribution in [0.3, 0.4) is 0 Å². The summed E-state index contributed by atoms with van der Waals surface area (Å²) in [4.78, 5) is 0. The second-order valence-electron chi connectivity index (χ2n) is 3.75. The van der Waals surface area contributed by atoms with Gasteiger partial charge >= 0.3 is 0 Å². The molecule has 0 aromatic heterocycles. The van der Waals surface area contributed by atoms with E-state index in [2.05, 4.69) is 32.2 Å². The van der Waals surface area contributed by atoms with Crippen molar-refractivity contribution < 1.29 is 0 Å². The first kappa shape index (κ1) is 11.5. The van der Waals surface area contributed by atoms with Crippen LogP contribution in [0.2, 0.25) is 5.02 Å². The van der Waals surface area contributed by atoms with Crippen LogP contribution < -0.4 is 5.32 Å². The molecule has 1 aromatic carbocycles. The Kier molecular flexibility index (Phi) is 4.43. The summed E-state index contributed by atoms with van der Waals surface area (Å²) in [5, 5.41) is 4.32. The van der Waals surface area contributed by atoms with Crippen LogP contribution in [0.4, 0.5) is 0 Å². The van der Waals surface area contributed by atoms with Crippen molar-refractivity contribution in [3.63, 3.8) is 0 Å². The van der Waals surface area contributed by atoms with Gasteiger partial charge in [0.05, 0.1) is 0 Å². The van der Waals surface area contributed by atoms with Crippen molar-refractivity contribution in [3.05, 3.63) is 34.9 Å². The molecule has 0 saturated carbocycles. The Morgan fingerprint density at radius 2 is 2.07 bits per heavy atom. The lowest BCUT2D eigenvalue weighted by atomic mass is 10.1. The minimum Gasteiger partial charge on any atom is -0.308 e. The molecule has 0 unspecified atom stereocenters. The standard InChI is InChI=1S/C12H18ClN/c1-4-9(2)14-10(3)11-6-5-7-12(13)8-11/h5-10,14H,4H2,1-3H3/t9-,10+/m0/s1. The van der Waals surface area contributed by atoms with Crippen LogP contribution in [-0.2, 0) is 0 Å². The Morgan fingerprint density at radius 3 is 2.64 bits per heavy atom. The van der Waals surface area contributed by atoms with E-state index in [0.717, 1.165) is 11.4 Å². The highest BCUT2D eigenvalue weighted by atomic mass is 35.5. The number of hydrogen-bond donors (Lipinski definition) is 1. The smallest absolute Gasteiger partial charge is 0.0409 e. The maximum Gasteiger partial charge on any atom is 0.0409 e. The fourth-order valence-electron chi connectivity index (χ4n) is 1.42. The molecule has 78 valence electrons. The molecule has 0 radical (unpaired) electrons. The molecule has 1 aromatic rings. The van der Waals surface area contributed by atoms with E-state index in [1.54, 1.807) is 0 Å². The molecule has 0 aliphatic carbocycles. The van der Waals surface area contributed by atoms with Gasteiger partial charge in [0.25, 0.3) is 0 Å². The zero-order valence-electron chi connectivity index (χ0n) is 9.05. The molecule has 0 aliphatic rings. The average Bonchev–Trinajstić information content (AvgIpc) is 2.17. The predicted octanol–water partition coefficient (Wildman–Crippen LogP) is 3.79. The third-order valence-electron chi connectivity index (χ3n) is 2.50. The second-order valence-corrected chi connectivity index (χ2v) is 4.19. The van der Waals surface area contributed by atoms with Gasteiger partial charge in [-0.3, -0.25) is 0 Å². The molecule has 0 heterocycles. The van der Waals surface area contributed by atoms with Crippen LogP contribution >= 0.6 is 11.6 Å². The predicted molar refractivity (Wildman–Crippen MR) is 62.8 cm³/mol. The number of nitrogens with one attached hydrogen (secondary N) is 1. The minimum atomic E-state index is 0.364. The molecular formula is C12H18ClN. The maximum atomic E-state index is 5.93. The summed E-state index contributed by atoms with van der Waals surface area (Å²) in [6, 6.07) is 8.92. The molecule has 0 saturated heterocycles. The normalized spacial score (nSPS) is 15.1. The van der Waals surface area contributed by atoms with Crippen LogP contribution in [0.25, 0.3) is 0 Å². The highest BCUT2D eigenvalue weighted by Crippen LogP contribution is 2.17. The van der Waals surface area contributed by atoms with Gasteiger partial charge in [-0.2, -0.15) is 0 Å². The van der Waals surface area contributed by atoms with Gasteiger partial charge in [0.15, 0.2) is 0 Å². The van der Waals surface area contributed by atoms with Crippen molar-refractivity contribution in [1.82, 2.24) is 5.32 Å². The van der Waals surface area contributed by atoms with E-state index in [-0.39, 0.29) is 0 Å². The summed E-state index contributed by atoms with van der Waals surface area (Å²) in [6.45, 7) is 6.54. The van der Waals surface area contributed by atoms with Crippen LogP contribution in [0.5, 0.6) is 0 Å². The van der Waals surface area contributed by atoms with Crippen LogP contribution in [-0.4, -0.2) is 6.04 Å². The van der Waals surface area contributed by atoms with Gasteiger partial charge in [0.2, 0.25) is 0 Å². The average molecular weight is 212 g/mol. The first-order valence-electron chi connectivity index (χ1n) is 5.15. The number of benzene rings is 1. The topological polar surface area (TPSA) is 12.0 Å². The van der Waals surface area contributed by atoms with Crippen LogP contribution in [0.15, 0.2) is 24.3 Å². The lowest BCUT2D eigenvalue weighted by molar-refractivity contribution is 0.469. The summed E-state index contributed by atoms with van der Waals surface area (Å²) in [7, 11) is 0. The van der Waals surface area contributed by atoms with E-state index >= 15 is 0 Å². The molecule has 1 nitrogen and oxygen atoms in total. The SMILES string of the molecule is CC[C@H](C)N[C@H](C)c1cccc(Cl)c1. The van der Waals surface area contributed by atoms with E-state index < -0.39 is 0 Å². The van der Waals surface area contributed by atoms with E-state index in [9.17, 15) is 0 Å². The molecule has 0 spiro atoms. The lowest BCUT2D eigenvalue weighted by Gasteiger charge is -2.19. The largest absolute Gasteiger partial charge is 0.308 e. The van der Waals surface area contributed by atoms with E-state index in [4.69, 9.17) is 11.6 Å². The van der Waals surface area contributed by atoms with Gasteiger partial charge < -0.3 is 5.32 Å². The summed E-state index contributed by atoms with van der Waals surface area (Å²) in [6.07, 6.45) is 1.14. The van der Waals surface area contributed by atoms with E-state index in [0.29, 0.717) is 12.1 Å². The van der Waals surface area contributed by atoms with Gasteiger partial charge in [0, 0.05) is 17.1 Å². The molecule has 1 rings (SSSR count). The van der Waals surface area contributed by atoms with E-state index in [1.807, 2.05) is 18.2 Å². The minimum absolute atomic E-state index is 0.364. The van der Waals surface area contributed by atoms with Crippen molar-refractivity contribution in [3.8, 4) is 0 Å². The summed E-state index contributed by atoms with van der Waals surface area (Å²) < 4.78 is 0. The Balaban J connectivity index is 2.64. The highest BCUT2D eigenvalue weighted by Gasteiger charge is 2.07. The molecule has 0 aliphatic heterocycles.